The fourth-order valence-electron chi connectivity index (χ4n) is 2.24. The summed E-state index contributed by atoms with van der Waals surface area (Å²) in [6.07, 6.45) is 3.15. The molecule has 0 bridgehead atoms. The van der Waals surface area contributed by atoms with Crippen LogP contribution in [0.5, 0.6) is 0 Å². The lowest BCUT2D eigenvalue weighted by Gasteiger charge is -1.98. The molecular formula is C19H15ClN2OS. The normalized spacial score (nSPS) is 10.9. The summed E-state index contributed by atoms with van der Waals surface area (Å²) in [6.45, 7) is 2.00. The van der Waals surface area contributed by atoms with Crippen LogP contribution in [0.1, 0.15) is 10.4 Å². The molecule has 0 unspecified atom stereocenters. The van der Waals surface area contributed by atoms with Crippen LogP contribution in [0.2, 0.25) is 5.02 Å². The van der Waals surface area contributed by atoms with Crippen LogP contribution in [0.25, 0.3) is 17.3 Å². The second-order valence-electron chi connectivity index (χ2n) is 5.13. The van der Waals surface area contributed by atoms with Gasteiger partial charge in [-0.1, -0.05) is 60.1 Å². The summed E-state index contributed by atoms with van der Waals surface area (Å²) >= 11 is 7.53. The molecular weight excluding hydrogens is 340 g/mol. The van der Waals surface area contributed by atoms with Crippen molar-refractivity contribution in [1.82, 2.24) is 4.98 Å². The van der Waals surface area contributed by atoms with E-state index < -0.39 is 0 Å². The Hall–Kier alpha value is -2.43. The van der Waals surface area contributed by atoms with Gasteiger partial charge >= 0.3 is 0 Å². The molecule has 0 aliphatic carbocycles. The predicted molar refractivity (Wildman–Crippen MR) is 101 cm³/mol. The average molecular weight is 355 g/mol. The molecule has 3 nitrogen and oxygen atoms in total. The molecule has 1 heterocycles. The van der Waals surface area contributed by atoms with Crippen LogP contribution in [0.15, 0.2) is 60.7 Å². The predicted octanol–water partition coefficient (Wildman–Crippen LogP) is 5.42. The number of benzene rings is 2. The average Bonchev–Trinajstić information content (AvgIpc) is 2.95. The molecule has 0 spiro atoms. The minimum Gasteiger partial charge on any atom is -0.298 e. The summed E-state index contributed by atoms with van der Waals surface area (Å²) in [4.78, 5) is 17.7. The molecule has 120 valence electrons. The van der Waals surface area contributed by atoms with Crippen molar-refractivity contribution in [3.05, 3.63) is 76.1 Å². The van der Waals surface area contributed by atoms with Gasteiger partial charge in [0, 0.05) is 21.5 Å². The van der Waals surface area contributed by atoms with E-state index in [0.29, 0.717) is 10.2 Å². The number of anilines is 1. The van der Waals surface area contributed by atoms with Crippen molar-refractivity contribution < 1.29 is 4.79 Å². The van der Waals surface area contributed by atoms with E-state index in [-0.39, 0.29) is 5.91 Å². The molecule has 5 heteroatoms. The number of carbonyl (C=O) groups excluding carboxylic acids is 1. The highest BCUT2D eigenvalue weighted by atomic mass is 35.5. The van der Waals surface area contributed by atoms with Gasteiger partial charge in [0.25, 0.3) is 0 Å². The van der Waals surface area contributed by atoms with Gasteiger partial charge < -0.3 is 0 Å². The summed E-state index contributed by atoms with van der Waals surface area (Å²) in [5.74, 6) is -0.233. The third-order valence-electron chi connectivity index (χ3n) is 3.39. The maximum atomic E-state index is 12.1. The highest BCUT2D eigenvalue weighted by molar-refractivity contribution is 7.16. The van der Waals surface area contributed by atoms with Gasteiger partial charge in [-0.05, 0) is 24.6 Å². The topological polar surface area (TPSA) is 42.0 Å². The highest BCUT2D eigenvalue weighted by Gasteiger charge is 2.10. The van der Waals surface area contributed by atoms with Gasteiger partial charge in [0.1, 0.15) is 0 Å². The maximum Gasteiger partial charge on any atom is 0.250 e. The fraction of sp³-hybridized carbons (Fsp3) is 0.0526. The molecule has 3 aromatic rings. The molecule has 2 aromatic carbocycles. The van der Waals surface area contributed by atoms with Crippen LogP contribution in [-0.4, -0.2) is 10.9 Å². The van der Waals surface area contributed by atoms with Crippen molar-refractivity contribution in [2.75, 3.05) is 5.32 Å². The molecule has 0 atom stereocenters. The molecule has 0 saturated heterocycles. The van der Waals surface area contributed by atoms with Crippen molar-refractivity contribution in [2.45, 2.75) is 6.92 Å². The molecule has 0 aliphatic heterocycles. The minimum absolute atomic E-state index is 0.233. The van der Waals surface area contributed by atoms with E-state index >= 15 is 0 Å². The number of nitrogens with one attached hydrogen (secondary N) is 1. The lowest BCUT2D eigenvalue weighted by atomic mass is 10.1. The monoisotopic (exact) mass is 354 g/mol. The van der Waals surface area contributed by atoms with Crippen molar-refractivity contribution in [2.24, 2.45) is 0 Å². The van der Waals surface area contributed by atoms with E-state index in [4.69, 9.17) is 11.6 Å². The number of aromatic nitrogens is 1. The Morgan fingerprint density at radius 3 is 2.58 bits per heavy atom. The minimum atomic E-state index is -0.233. The Morgan fingerprint density at radius 2 is 1.83 bits per heavy atom. The number of carbonyl (C=O) groups is 1. The molecule has 0 saturated carbocycles. The highest BCUT2D eigenvalue weighted by Crippen LogP contribution is 2.30. The molecule has 1 amide bonds. The zero-order valence-electron chi connectivity index (χ0n) is 13.0. The number of nitrogens with zero attached hydrogens (tertiary/aromatic N) is 1. The Labute approximate surface area is 149 Å². The van der Waals surface area contributed by atoms with Crippen molar-refractivity contribution in [3.63, 3.8) is 0 Å². The van der Waals surface area contributed by atoms with Gasteiger partial charge in [-0.2, -0.15) is 0 Å². The number of rotatable bonds is 4. The molecule has 0 radical (unpaired) electrons. The molecule has 24 heavy (non-hydrogen) atoms. The first-order valence-corrected chi connectivity index (χ1v) is 8.59. The lowest BCUT2D eigenvalue weighted by molar-refractivity contribution is -0.111. The second kappa shape index (κ2) is 7.43. The largest absolute Gasteiger partial charge is 0.298 e. The summed E-state index contributed by atoms with van der Waals surface area (Å²) in [5.41, 5.74) is 2.74. The number of hydrogen-bond donors (Lipinski definition) is 1. The van der Waals surface area contributed by atoms with Crippen molar-refractivity contribution >= 4 is 40.1 Å². The van der Waals surface area contributed by atoms with E-state index in [1.54, 1.807) is 12.1 Å². The van der Waals surface area contributed by atoms with Crippen LogP contribution in [0, 0.1) is 6.92 Å². The van der Waals surface area contributed by atoms with Gasteiger partial charge in [-0.15, -0.1) is 11.3 Å². The third kappa shape index (κ3) is 3.91. The Balaban J connectivity index is 1.73. The third-order valence-corrected chi connectivity index (χ3v) is 4.62. The Morgan fingerprint density at radius 1 is 1.12 bits per heavy atom. The van der Waals surface area contributed by atoms with Crippen LogP contribution in [-0.2, 0) is 4.79 Å². The SMILES string of the molecule is Cc1sc(NC(=O)/C=C\c2ccccc2Cl)nc1-c1ccccc1. The van der Waals surface area contributed by atoms with E-state index in [9.17, 15) is 4.79 Å². The van der Waals surface area contributed by atoms with Crippen molar-refractivity contribution in [3.8, 4) is 11.3 Å². The molecule has 0 aliphatic rings. The van der Waals surface area contributed by atoms with Crippen LogP contribution in [0.3, 0.4) is 0 Å². The van der Waals surface area contributed by atoms with E-state index in [2.05, 4.69) is 10.3 Å². The number of amides is 1. The fourth-order valence-corrected chi connectivity index (χ4v) is 3.27. The zero-order valence-corrected chi connectivity index (χ0v) is 14.6. The number of aryl methyl sites for hydroxylation is 1. The smallest absolute Gasteiger partial charge is 0.250 e. The second-order valence-corrected chi connectivity index (χ2v) is 6.74. The van der Waals surface area contributed by atoms with Gasteiger partial charge in [-0.25, -0.2) is 4.98 Å². The van der Waals surface area contributed by atoms with E-state index in [1.165, 1.54) is 17.4 Å². The van der Waals surface area contributed by atoms with Gasteiger partial charge in [0.2, 0.25) is 5.91 Å². The van der Waals surface area contributed by atoms with Crippen LogP contribution < -0.4 is 5.32 Å². The molecule has 1 N–H and O–H groups in total. The lowest BCUT2D eigenvalue weighted by Crippen LogP contribution is -2.07. The van der Waals surface area contributed by atoms with Gasteiger partial charge in [0.05, 0.1) is 5.69 Å². The first-order valence-electron chi connectivity index (χ1n) is 7.40. The van der Waals surface area contributed by atoms with E-state index in [1.807, 2.05) is 55.5 Å². The first-order chi connectivity index (χ1) is 11.6. The maximum absolute atomic E-state index is 12.1. The van der Waals surface area contributed by atoms with Crippen LogP contribution in [0.4, 0.5) is 5.13 Å². The standard InChI is InChI=1S/C19H15ClN2OS/c1-13-18(15-8-3-2-4-9-15)22-19(24-13)21-17(23)12-11-14-7-5-6-10-16(14)20/h2-12H,1H3,(H,21,22,23)/b12-11-. The van der Waals surface area contributed by atoms with Crippen molar-refractivity contribution in [1.29, 1.82) is 0 Å². The summed E-state index contributed by atoms with van der Waals surface area (Å²) in [7, 11) is 0. The first kappa shape index (κ1) is 16.4. The van der Waals surface area contributed by atoms with E-state index in [0.717, 1.165) is 21.7 Å². The molecule has 1 aromatic heterocycles. The molecule has 0 fully saturated rings. The zero-order chi connectivity index (χ0) is 16.9. The van der Waals surface area contributed by atoms with Gasteiger partial charge in [-0.3, -0.25) is 10.1 Å². The Bertz CT molecular complexity index is 887. The number of halogens is 1. The number of thiazole rings is 1. The quantitative estimate of drug-likeness (QED) is 0.635. The van der Waals surface area contributed by atoms with Gasteiger partial charge in [0.15, 0.2) is 5.13 Å². The number of hydrogen-bond acceptors (Lipinski definition) is 3. The Kier molecular flexibility index (Phi) is 5.08. The summed E-state index contributed by atoms with van der Waals surface area (Å²) in [5, 5.41) is 3.99. The molecule has 3 rings (SSSR count). The van der Waals surface area contributed by atoms with Crippen LogP contribution >= 0.6 is 22.9 Å². The summed E-state index contributed by atoms with van der Waals surface area (Å²) in [6, 6.07) is 17.3. The summed E-state index contributed by atoms with van der Waals surface area (Å²) < 4.78 is 0.